The minimum atomic E-state index is -1.08. The van der Waals surface area contributed by atoms with E-state index in [1.807, 2.05) is 0 Å². The molecule has 1 nitrogen and oxygen atoms in total. The molecule has 11 heavy (non-hydrogen) atoms. The molecule has 0 unspecified atom stereocenters. The van der Waals surface area contributed by atoms with Crippen molar-refractivity contribution in [3.05, 3.63) is 26.9 Å². The summed E-state index contributed by atoms with van der Waals surface area (Å²) in [6.07, 6.45) is 0. The zero-order valence-corrected chi connectivity index (χ0v) is 10.2. The molecule has 0 saturated carbocycles. The summed E-state index contributed by atoms with van der Waals surface area (Å²) >= 11 is 4.93. The first-order valence-corrected chi connectivity index (χ1v) is 5.92. The second-order valence-electron chi connectivity index (χ2n) is 1.81. The molecule has 0 spiro atoms. The van der Waals surface area contributed by atoms with Crippen molar-refractivity contribution in [2.24, 2.45) is 0 Å². The van der Waals surface area contributed by atoms with Gasteiger partial charge in [0.15, 0.2) is 0 Å². The molecule has 0 aliphatic heterocycles. The molecule has 0 fully saturated rings. The molecule has 0 saturated heterocycles. The molecule has 0 radical (unpaired) electrons. The van der Waals surface area contributed by atoms with Crippen LogP contribution in [0, 0.1) is 5.82 Å². The normalized spacial score (nSPS) is 10.5. The van der Waals surface area contributed by atoms with Gasteiger partial charge in [-0.3, -0.25) is 0 Å². The van der Waals surface area contributed by atoms with Crippen LogP contribution in [-0.2, 0) is 3.74 Å². The predicted molar refractivity (Wildman–Crippen MR) is 47.9 cm³/mol. The molecule has 0 aliphatic rings. The Morgan fingerprint density at radius 2 is 1.73 bits per heavy atom. The van der Waals surface area contributed by atoms with Crippen molar-refractivity contribution in [3.8, 4) is 0 Å². The van der Waals surface area contributed by atoms with Crippen molar-refractivity contribution < 1.29 is 8.13 Å². The van der Waals surface area contributed by atoms with Crippen molar-refractivity contribution >= 4 is 51.9 Å². The maximum atomic E-state index is 12.9. The van der Waals surface area contributed by atoms with Gasteiger partial charge in [0.1, 0.15) is 0 Å². The topological polar surface area (TPSA) is 17.1 Å². The van der Waals surface area contributed by atoms with Gasteiger partial charge in [-0.25, -0.2) is 0 Å². The molecular formula is C6H2AsBr2FO. The van der Waals surface area contributed by atoms with Crippen LogP contribution in [0.1, 0.15) is 0 Å². The van der Waals surface area contributed by atoms with Gasteiger partial charge in [-0.2, -0.15) is 0 Å². The summed E-state index contributed by atoms with van der Waals surface area (Å²) in [4.78, 5) is 0. The second kappa shape index (κ2) is 3.92. The zero-order chi connectivity index (χ0) is 8.43. The summed E-state index contributed by atoms with van der Waals surface area (Å²) in [5.41, 5.74) is 0. The van der Waals surface area contributed by atoms with E-state index in [1.54, 1.807) is 0 Å². The molecule has 0 bridgehead atoms. The van der Waals surface area contributed by atoms with Crippen molar-refractivity contribution in [3.63, 3.8) is 0 Å². The van der Waals surface area contributed by atoms with E-state index >= 15 is 0 Å². The molecule has 1 rings (SSSR count). The Kier molecular flexibility index (Phi) is 3.41. The number of rotatable bonds is 1. The number of hydrogen-bond donors (Lipinski definition) is 0. The van der Waals surface area contributed by atoms with Crippen LogP contribution in [-0.4, -0.2) is 15.7 Å². The molecule has 5 heteroatoms. The van der Waals surface area contributed by atoms with E-state index in [9.17, 15) is 8.13 Å². The summed E-state index contributed by atoms with van der Waals surface area (Å²) in [5.74, 6) is -0.358. The molecule has 58 valence electrons. The summed E-state index contributed by atoms with van der Waals surface area (Å²) in [5, 5.41) is 0. The SMILES string of the molecule is O=[As]c1cc(Br)c(F)c(Br)c1. The van der Waals surface area contributed by atoms with E-state index in [4.69, 9.17) is 0 Å². The van der Waals surface area contributed by atoms with Crippen molar-refractivity contribution in [1.29, 1.82) is 0 Å². The molecular weight excluding hydrogens is 342 g/mol. The molecule has 0 amide bonds. The summed E-state index contributed by atoms with van der Waals surface area (Å²) < 4.78 is 24.7. The van der Waals surface area contributed by atoms with E-state index in [0.717, 1.165) is 0 Å². The van der Waals surface area contributed by atoms with Gasteiger partial charge in [0, 0.05) is 0 Å². The van der Waals surface area contributed by atoms with E-state index in [-0.39, 0.29) is 5.82 Å². The van der Waals surface area contributed by atoms with Gasteiger partial charge in [-0.05, 0) is 0 Å². The molecule has 0 N–H and O–H groups in total. The van der Waals surface area contributed by atoms with Gasteiger partial charge in [0.25, 0.3) is 0 Å². The van der Waals surface area contributed by atoms with Crippen LogP contribution >= 0.6 is 31.9 Å². The predicted octanol–water partition coefficient (Wildman–Crippen LogP) is 2.03. The van der Waals surface area contributed by atoms with E-state index < -0.39 is 15.7 Å². The molecule has 0 aromatic heterocycles. The fraction of sp³-hybridized carbons (Fsp3) is 0. The second-order valence-corrected chi connectivity index (χ2v) is 4.99. The maximum absolute atomic E-state index is 12.9. The molecule has 0 heterocycles. The Morgan fingerprint density at radius 3 is 2.09 bits per heavy atom. The molecule has 1 aromatic rings. The average Bonchev–Trinajstić information content (AvgIpc) is 1.99. The van der Waals surface area contributed by atoms with Gasteiger partial charge in [0.05, 0.1) is 0 Å². The third-order valence-electron chi connectivity index (χ3n) is 1.07. The fourth-order valence-corrected chi connectivity index (χ4v) is 3.31. The molecule has 0 aliphatic carbocycles. The first-order valence-electron chi connectivity index (χ1n) is 2.63. The van der Waals surface area contributed by atoms with Gasteiger partial charge in [-0.15, -0.1) is 0 Å². The summed E-state index contributed by atoms with van der Waals surface area (Å²) in [6.45, 7) is 0. The summed E-state index contributed by atoms with van der Waals surface area (Å²) in [7, 11) is 0. The zero-order valence-electron chi connectivity index (χ0n) is 5.14. The van der Waals surface area contributed by atoms with Crippen molar-refractivity contribution in [1.82, 2.24) is 0 Å². The van der Waals surface area contributed by atoms with Crippen LogP contribution < -0.4 is 4.35 Å². The standard InChI is InChI=1S/C6H2AsBr2FO/c8-4-1-3(7-11)2-5(9)6(4)10/h1-2H. The Balaban J connectivity index is 3.31. The van der Waals surface area contributed by atoms with Crippen LogP contribution in [0.5, 0.6) is 0 Å². The molecule has 0 atom stereocenters. The van der Waals surface area contributed by atoms with Gasteiger partial charge >= 0.3 is 86.9 Å². The number of benzene rings is 1. The van der Waals surface area contributed by atoms with Gasteiger partial charge < -0.3 is 0 Å². The Hall–Kier alpha value is 0.468. The van der Waals surface area contributed by atoms with Crippen molar-refractivity contribution in [2.75, 3.05) is 0 Å². The van der Waals surface area contributed by atoms with Crippen LogP contribution in [0.3, 0.4) is 0 Å². The first kappa shape index (κ1) is 9.56. The quantitative estimate of drug-likeness (QED) is 0.563. The van der Waals surface area contributed by atoms with Crippen LogP contribution in [0.2, 0.25) is 0 Å². The monoisotopic (exact) mass is 342 g/mol. The fourth-order valence-electron chi connectivity index (χ4n) is 0.595. The summed E-state index contributed by atoms with van der Waals surface area (Å²) in [6, 6.07) is 3.04. The first-order chi connectivity index (χ1) is 5.15. The van der Waals surface area contributed by atoms with E-state index in [0.29, 0.717) is 13.3 Å². The minimum absolute atomic E-state index is 0.341. The number of hydrogen-bond acceptors (Lipinski definition) is 1. The Labute approximate surface area is 86.5 Å². The van der Waals surface area contributed by atoms with E-state index in [1.165, 1.54) is 12.1 Å². The van der Waals surface area contributed by atoms with Crippen LogP contribution in [0.4, 0.5) is 4.39 Å². The van der Waals surface area contributed by atoms with Crippen LogP contribution in [0.15, 0.2) is 21.1 Å². The van der Waals surface area contributed by atoms with Gasteiger partial charge in [0.2, 0.25) is 0 Å². The third kappa shape index (κ3) is 2.20. The average molecular weight is 344 g/mol. The third-order valence-corrected chi connectivity index (χ3v) is 3.21. The van der Waals surface area contributed by atoms with E-state index in [2.05, 4.69) is 31.9 Å². The van der Waals surface area contributed by atoms with Crippen LogP contribution in [0.25, 0.3) is 0 Å². The van der Waals surface area contributed by atoms with Crippen molar-refractivity contribution in [2.45, 2.75) is 0 Å². The Morgan fingerprint density at radius 1 is 1.27 bits per heavy atom. The molecule has 1 aromatic carbocycles. The van der Waals surface area contributed by atoms with Gasteiger partial charge in [-0.1, -0.05) is 0 Å². The number of halogens is 3. The Bertz CT molecular complexity index is 280.